The first-order valence-corrected chi connectivity index (χ1v) is 8.17. The highest BCUT2D eigenvalue weighted by Crippen LogP contribution is 2.43. The summed E-state index contributed by atoms with van der Waals surface area (Å²) in [6.07, 6.45) is 0. The van der Waals surface area contributed by atoms with Crippen molar-refractivity contribution in [2.24, 2.45) is 4.36 Å². The Morgan fingerprint density at radius 2 is 1.81 bits per heavy atom. The lowest BCUT2D eigenvalue weighted by Gasteiger charge is -2.02. The Morgan fingerprint density at radius 1 is 1.00 bits per heavy atom. The monoisotopic (exact) mass is 265 g/mol. The van der Waals surface area contributed by atoms with Crippen LogP contribution in [0, 0.1) is 0 Å². The summed E-state index contributed by atoms with van der Waals surface area (Å²) in [5.74, 6) is 0. The van der Waals surface area contributed by atoms with E-state index in [0.29, 0.717) is 0 Å². The molecule has 2 aromatic rings. The fourth-order valence-electron chi connectivity index (χ4n) is 1.64. The van der Waals surface area contributed by atoms with Gasteiger partial charge in [0.1, 0.15) is 0 Å². The molecule has 1 unspecified atom stereocenters. The fourth-order valence-corrected chi connectivity index (χ4v) is 4.60. The van der Waals surface area contributed by atoms with Crippen LogP contribution in [0.2, 0.25) is 0 Å². The lowest BCUT2D eigenvalue weighted by Crippen LogP contribution is -1.77. The topological polar surface area (TPSA) is 12.4 Å². The van der Waals surface area contributed by atoms with Crippen molar-refractivity contribution in [1.82, 2.24) is 0 Å². The van der Waals surface area contributed by atoms with Crippen LogP contribution in [-0.2, 0) is 8.94 Å². The third-order valence-electron chi connectivity index (χ3n) is 2.40. The number of hydrogen-bond donors (Lipinski definition) is 0. The van der Waals surface area contributed by atoms with Crippen LogP contribution in [0.1, 0.15) is 0 Å². The van der Waals surface area contributed by atoms with Crippen LogP contribution in [0.15, 0.2) is 57.8 Å². The van der Waals surface area contributed by atoms with Crippen molar-refractivity contribution in [3.05, 3.63) is 48.5 Å². The molecule has 4 heteroatoms. The van der Waals surface area contributed by atoms with E-state index in [-0.39, 0.29) is 0 Å². The Morgan fingerprint density at radius 3 is 2.62 bits per heavy atom. The van der Waals surface area contributed by atoms with Crippen LogP contribution in [0.5, 0.6) is 0 Å². The highest BCUT2D eigenvalue weighted by Gasteiger charge is 2.13. The van der Waals surface area contributed by atoms with Gasteiger partial charge in [0.15, 0.2) is 0 Å². The standard InChI is InChI=1S/C12H8ClNS2/c13-16-14-11-7-6-10(8-12(11)15-16)9-4-2-1-3-5-9/h1-8H. The van der Waals surface area contributed by atoms with Gasteiger partial charge >= 0.3 is 0 Å². The van der Waals surface area contributed by atoms with Gasteiger partial charge in [-0.3, -0.25) is 0 Å². The Kier molecular flexibility index (Phi) is 2.75. The molecule has 1 heterocycles. The Balaban J connectivity index is 2.05. The molecule has 80 valence electrons. The molecule has 0 saturated carbocycles. The van der Waals surface area contributed by atoms with Gasteiger partial charge in [-0.05, 0) is 44.7 Å². The molecule has 1 nitrogen and oxygen atoms in total. The van der Waals surface area contributed by atoms with E-state index >= 15 is 0 Å². The Hall–Kier alpha value is -0.770. The number of rotatable bonds is 1. The van der Waals surface area contributed by atoms with Crippen LogP contribution in [0.3, 0.4) is 0 Å². The van der Waals surface area contributed by atoms with Gasteiger partial charge in [0, 0.05) is 4.90 Å². The first-order valence-electron chi connectivity index (χ1n) is 4.83. The molecule has 0 amide bonds. The summed E-state index contributed by atoms with van der Waals surface area (Å²) in [4.78, 5) is 1.18. The van der Waals surface area contributed by atoms with Crippen molar-refractivity contribution in [2.75, 3.05) is 0 Å². The first kappa shape index (κ1) is 10.4. The second-order valence-corrected chi connectivity index (χ2v) is 7.50. The normalized spacial score (nSPS) is 17.9. The number of nitrogens with zero attached hydrogens (tertiary/aromatic N) is 1. The van der Waals surface area contributed by atoms with E-state index in [1.165, 1.54) is 16.0 Å². The lowest BCUT2D eigenvalue weighted by atomic mass is 10.1. The summed E-state index contributed by atoms with van der Waals surface area (Å²) in [6.45, 7) is 0. The second-order valence-electron chi connectivity index (χ2n) is 3.43. The minimum Gasteiger partial charge on any atom is -0.200 e. The fraction of sp³-hybridized carbons (Fsp3) is 0. The lowest BCUT2D eigenvalue weighted by molar-refractivity contribution is 1.41. The quantitative estimate of drug-likeness (QED) is 0.664. The number of halogens is 1. The Labute approximate surface area is 105 Å². The molecule has 0 bridgehead atoms. The molecule has 3 rings (SSSR count). The van der Waals surface area contributed by atoms with Gasteiger partial charge in [0.25, 0.3) is 0 Å². The predicted molar refractivity (Wildman–Crippen MR) is 73.0 cm³/mol. The molecule has 0 fully saturated rings. The largest absolute Gasteiger partial charge is 0.200 e. The molecule has 1 atom stereocenters. The molecular weight excluding hydrogens is 258 g/mol. The second kappa shape index (κ2) is 4.24. The third-order valence-corrected chi connectivity index (χ3v) is 5.33. The van der Waals surface area contributed by atoms with E-state index in [1.807, 2.05) is 24.3 Å². The molecule has 0 spiro atoms. The van der Waals surface area contributed by atoms with Gasteiger partial charge in [-0.2, -0.15) is 0 Å². The van der Waals surface area contributed by atoms with Crippen molar-refractivity contribution in [1.29, 1.82) is 0 Å². The predicted octanol–water partition coefficient (Wildman–Crippen LogP) is 4.96. The van der Waals surface area contributed by atoms with Crippen LogP contribution >= 0.6 is 21.5 Å². The highest BCUT2D eigenvalue weighted by atomic mass is 35.7. The minimum absolute atomic E-state index is 0.420. The molecule has 2 aromatic carbocycles. The van der Waals surface area contributed by atoms with Crippen LogP contribution in [-0.4, -0.2) is 0 Å². The highest BCUT2D eigenvalue weighted by molar-refractivity contribution is 8.78. The molecule has 0 aromatic heterocycles. The molecule has 1 aliphatic rings. The van der Waals surface area contributed by atoms with E-state index in [1.54, 1.807) is 10.8 Å². The zero-order valence-electron chi connectivity index (χ0n) is 8.26. The van der Waals surface area contributed by atoms with E-state index in [4.69, 9.17) is 10.7 Å². The molecule has 16 heavy (non-hydrogen) atoms. The zero-order chi connectivity index (χ0) is 11.0. The van der Waals surface area contributed by atoms with Crippen molar-refractivity contribution < 1.29 is 0 Å². The van der Waals surface area contributed by atoms with Crippen molar-refractivity contribution in [3.8, 4) is 11.1 Å². The SMILES string of the molecule is ClS1=Nc2ccc(-c3ccccc3)cc2S1. The maximum absolute atomic E-state index is 6.00. The van der Waals surface area contributed by atoms with Gasteiger partial charge < -0.3 is 0 Å². The zero-order valence-corrected chi connectivity index (χ0v) is 10.6. The molecule has 0 aliphatic carbocycles. The minimum atomic E-state index is -0.420. The van der Waals surface area contributed by atoms with Gasteiger partial charge in [-0.1, -0.05) is 36.4 Å². The summed E-state index contributed by atoms with van der Waals surface area (Å²) >= 11 is 0. The summed E-state index contributed by atoms with van der Waals surface area (Å²) in [5.41, 5.74) is 3.47. The molecule has 0 radical (unpaired) electrons. The van der Waals surface area contributed by atoms with Crippen molar-refractivity contribution in [2.45, 2.75) is 4.90 Å². The van der Waals surface area contributed by atoms with Gasteiger partial charge in [-0.15, -0.1) is 0 Å². The van der Waals surface area contributed by atoms with Gasteiger partial charge in [-0.25, -0.2) is 4.36 Å². The van der Waals surface area contributed by atoms with Crippen molar-refractivity contribution >= 4 is 36.1 Å². The van der Waals surface area contributed by atoms with E-state index in [9.17, 15) is 0 Å². The average Bonchev–Trinajstić information content (AvgIpc) is 2.69. The van der Waals surface area contributed by atoms with Crippen LogP contribution < -0.4 is 0 Å². The maximum Gasteiger partial charge on any atom is 0.0872 e. The van der Waals surface area contributed by atoms with Crippen molar-refractivity contribution in [3.63, 3.8) is 0 Å². The van der Waals surface area contributed by atoms with Crippen LogP contribution in [0.25, 0.3) is 11.1 Å². The van der Waals surface area contributed by atoms with Crippen LogP contribution in [0.4, 0.5) is 5.69 Å². The Bertz CT molecular complexity index is 566. The summed E-state index contributed by atoms with van der Waals surface area (Å²) in [6, 6.07) is 16.6. The number of hydrogen-bond acceptors (Lipinski definition) is 2. The van der Waals surface area contributed by atoms with Gasteiger partial charge in [0.05, 0.1) is 14.6 Å². The average molecular weight is 266 g/mol. The van der Waals surface area contributed by atoms with E-state index < -0.39 is 8.94 Å². The molecule has 1 aliphatic heterocycles. The summed E-state index contributed by atoms with van der Waals surface area (Å²) < 4.78 is 4.34. The van der Waals surface area contributed by atoms with E-state index in [2.05, 4.69) is 28.6 Å². The first-order chi connectivity index (χ1) is 7.83. The number of fused-ring (bicyclic) bond motifs is 1. The summed E-state index contributed by atoms with van der Waals surface area (Å²) in [7, 11) is 7.21. The smallest absolute Gasteiger partial charge is 0.0872 e. The molecular formula is C12H8ClNS2. The van der Waals surface area contributed by atoms with Gasteiger partial charge in [0.2, 0.25) is 0 Å². The summed E-state index contributed by atoms with van der Waals surface area (Å²) in [5, 5.41) is 0. The molecule has 0 N–H and O–H groups in total. The van der Waals surface area contributed by atoms with E-state index in [0.717, 1.165) is 5.69 Å². The maximum atomic E-state index is 6.00. The number of benzene rings is 2. The third kappa shape index (κ3) is 1.90. The molecule has 0 saturated heterocycles.